The summed E-state index contributed by atoms with van der Waals surface area (Å²) < 4.78 is 9.04. The molecule has 146 valence electrons. The summed E-state index contributed by atoms with van der Waals surface area (Å²) in [7, 11) is 0. The van der Waals surface area contributed by atoms with E-state index in [9.17, 15) is 9.90 Å². The van der Waals surface area contributed by atoms with Gasteiger partial charge in [0.05, 0.1) is 18.3 Å². The van der Waals surface area contributed by atoms with Gasteiger partial charge in [0.2, 0.25) is 0 Å². The number of carboxylic acid groups (broad SMARTS) is 1. The van der Waals surface area contributed by atoms with Crippen molar-refractivity contribution in [3.63, 3.8) is 0 Å². The van der Waals surface area contributed by atoms with E-state index < -0.39 is 5.97 Å². The number of carbonyl (C=O) groups is 1. The van der Waals surface area contributed by atoms with Crippen LogP contribution in [0.2, 0.25) is 0 Å². The number of benzene rings is 2. The van der Waals surface area contributed by atoms with Gasteiger partial charge in [-0.15, -0.1) is 0 Å². The molecule has 3 aromatic rings. The van der Waals surface area contributed by atoms with Crippen LogP contribution in [0.3, 0.4) is 0 Å². The first-order valence-electron chi connectivity index (χ1n) is 9.21. The van der Waals surface area contributed by atoms with Gasteiger partial charge in [-0.2, -0.15) is 0 Å². The van der Waals surface area contributed by atoms with Gasteiger partial charge in [-0.3, -0.25) is 0 Å². The van der Waals surface area contributed by atoms with E-state index in [1.54, 1.807) is 19.1 Å². The zero-order chi connectivity index (χ0) is 20.4. The van der Waals surface area contributed by atoms with E-state index in [-0.39, 0.29) is 35.1 Å². The van der Waals surface area contributed by atoms with E-state index in [1.165, 1.54) is 0 Å². The maximum absolute atomic E-state index is 11.5. The molecule has 2 aromatic carbocycles. The predicted octanol–water partition coefficient (Wildman–Crippen LogP) is 1.93. The molecule has 0 N–H and O–H groups in total. The van der Waals surface area contributed by atoms with Crippen molar-refractivity contribution < 1.29 is 44.2 Å². The van der Waals surface area contributed by atoms with E-state index in [4.69, 9.17) is 4.74 Å². The van der Waals surface area contributed by atoms with E-state index >= 15 is 0 Å². The van der Waals surface area contributed by atoms with Crippen LogP contribution in [-0.2, 0) is 0 Å². The zero-order valence-electron chi connectivity index (χ0n) is 17.5. The molecule has 4 nitrogen and oxygen atoms in total. The summed E-state index contributed by atoms with van der Waals surface area (Å²) in [5, 5.41) is 11.5. The number of ether oxygens (including phenoxy) is 1. The molecule has 0 atom stereocenters. The fraction of sp³-hybridized carbons (Fsp3) is 0.261. The largest absolute Gasteiger partial charge is 1.00 e. The van der Waals surface area contributed by atoms with Gasteiger partial charge in [0.1, 0.15) is 5.75 Å². The first-order chi connectivity index (χ1) is 13.3. The quantitative estimate of drug-likeness (QED) is 0.524. The maximum Gasteiger partial charge on any atom is 1.00 e. The number of rotatable bonds is 6. The molecular weight excluding hydrogens is 441 g/mol. The normalized spacial score (nSPS) is 10.7. The molecule has 0 bridgehead atoms. The van der Waals surface area contributed by atoms with Crippen molar-refractivity contribution in [1.82, 2.24) is 4.57 Å². The van der Waals surface area contributed by atoms with Crippen LogP contribution in [0.15, 0.2) is 53.0 Å². The molecule has 3 rings (SSSR count). The molecule has 0 saturated carbocycles. The first kappa shape index (κ1) is 23.7. The van der Waals surface area contributed by atoms with Crippen molar-refractivity contribution in [1.29, 1.82) is 0 Å². The van der Waals surface area contributed by atoms with Crippen LogP contribution in [0, 0.1) is 19.8 Å². The fourth-order valence-corrected chi connectivity index (χ4v) is 3.51. The monoisotopic (exact) mass is 463 g/mol. The number of aromatic carboxylic acids is 1. The molecule has 1 aromatic heterocycles. The van der Waals surface area contributed by atoms with Gasteiger partial charge in [-0.05, 0) is 67.8 Å². The Morgan fingerprint density at radius 1 is 1.10 bits per heavy atom. The van der Waals surface area contributed by atoms with Crippen molar-refractivity contribution in [3.05, 3.63) is 69.8 Å². The topological polar surface area (TPSA) is 54.3 Å². The number of carboxylic acids is 1. The summed E-state index contributed by atoms with van der Waals surface area (Å²) in [5.41, 5.74) is 4.53. The number of aromatic nitrogens is 1. The summed E-state index contributed by atoms with van der Waals surface area (Å²) in [6, 6.07) is 15.4. The summed E-state index contributed by atoms with van der Waals surface area (Å²) in [5.74, 6) is 0.0327. The first-order valence-corrected chi connectivity index (χ1v) is 10.0. The Morgan fingerprint density at radius 2 is 1.83 bits per heavy atom. The van der Waals surface area contributed by atoms with E-state index in [2.05, 4.69) is 29.8 Å². The minimum absolute atomic E-state index is 0. The second-order valence-electron chi connectivity index (χ2n) is 7.33. The number of hydrogen-bond donors (Lipinski definition) is 0. The Hall–Kier alpha value is -1.53. The van der Waals surface area contributed by atoms with Crippen molar-refractivity contribution in [2.24, 2.45) is 5.92 Å². The molecule has 0 spiro atoms. The Morgan fingerprint density at radius 3 is 2.48 bits per heavy atom. The van der Waals surface area contributed by atoms with Gasteiger partial charge in [-0.1, -0.05) is 35.8 Å². The Kier molecular flexibility index (Phi) is 8.18. The number of aryl methyl sites for hydroxylation is 2. The minimum atomic E-state index is -1.17. The van der Waals surface area contributed by atoms with E-state index in [0.29, 0.717) is 18.1 Å². The predicted molar refractivity (Wildman–Crippen MR) is 113 cm³/mol. The van der Waals surface area contributed by atoms with E-state index in [1.807, 2.05) is 47.9 Å². The van der Waals surface area contributed by atoms with Crippen molar-refractivity contribution in [2.45, 2.75) is 27.7 Å². The summed E-state index contributed by atoms with van der Waals surface area (Å²) in [6.45, 7) is 8.60. The molecule has 0 saturated heterocycles. The minimum Gasteiger partial charge on any atom is -0.545 e. The third-order valence-corrected chi connectivity index (χ3v) is 5.06. The number of nitrogens with zero attached hydrogens (tertiary/aromatic N) is 1. The van der Waals surface area contributed by atoms with Crippen molar-refractivity contribution in [3.8, 4) is 22.7 Å². The standard InChI is InChI=1S/C23H24BrNO3.Na/c1-14(2)13-28-22-10-7-17(24)11-20(22)21-9-6-16(4)25(21)18-8-5-15(3)19(12-18)23(26)27;/h5-12,14H,13H2,1-4H3,(H,26,27);/q;+1/p-1. The third kappa shape index (κ3) is 5.34. The van der Waals surface area contributed by atoms with Gasteiger partial charge in [0, 0.05) is 27.0 Å². The second-order valence-corrected chi connectivity index (χ2v) is 8.24. The van der Waals surface area contributed by atoms with E-state index in [0.717, 1.165) is 32.9 Å². The van der Waals surface area contributed by atoms with Gasteiger partial charge >= 0.3 is 29.6 Å². The molecule has 0 amide bonds. The molecule has 29 heavy (non-hydrogen) atoms. The van der Waals surface area contributed by atoms with Gasteiger partial charge < -0.3 is 19.2 Å². The number of carbonyl (C=O) groups excluding carboxylic acids is 1. The van der Waals surface area contributed by atoms with Gasteiger partial charge in [0.15, 0.2) is 0 Å². The van der Waals surface area contributed by atoms with Crippen LogP contribution < -0.4 is 39.4 Å². The van der Waals surface area contributed by atoms with Crippen molar-refractivity contribution >= 4 is 21.9 Å². The average molecular weight is 464 g/mol. The zero-order valence-corrected chi connectivity index (χ0v) is 21.0. The Labute approximate surface area is 202 Å². The molecular formula is C23H23BrNNaO3. The van der Waals surface area contributed by atoms with Crippen LogP contribution in [-0.4, -0.2) is 17.1 Å². The SMILES string of the molecule is Cc1ccc(-n2c(C)ccc2-c2cc(Br)ccc2OCC(C)C)cc1C(=O)[O-].[Na+]. The van der Waals surface area contributed by atoms with Crippen LogP contribution in [0.4, 0.5) is 0 Å². The molecule has 0 aliphatic rings. The smallest absolute Gasteiger partial charge is 0.545 e. The molecule has 1 heterocycles. The average Bonchev–Trinajstić information content (AvgIpc) is 3.02. The summed E-state index contributed by atoms with van der Waals surface area (Å²) >= 11 is 3.55. The molecule has 6 heteroatoms. The van der Waals surface area contributed by atoms with Gasteiger partial charge in [0.25, 0.3) is 0 Å². The van der Waals surface area contributed by atoms with Crippen molar-refractivity contribution in [2.75, 3.05) is 6.61 Å². The molecule has 0 aliphatic carbocycles. The molecule has 0 fully saturated rings. The molecule has 0 radical (unpaired) electrons. The number of hydrogen-bond acceptors (Lipinski definition) is 3. The summed E-state index contributed by atoms with van der Waals surface area (Å²) in [6.07, 6.45) is 0. The second kappa shape index (κ2) is 9.98. The third-order valence-electron chi connectivity index (χ3n) is 4.57. The van der Waals surface area contributed by atoms with Crippen LogP contribution in [0.25, 0.3) is 16.9 Å². The fourth-order valence-electron chi connectivity index (χ4n) is 3.15. The Balaban J connectivity index is 0.00000300. The summed E-state index contributed by atoms with van der Waals surface area (Å²) in [4.78, 5) is 11.5. The number of halogens is 1. The maximum atomic E-state index is 11.5. The molecule has 0 unspecified atom stereocenters. The Bertz CT molecular complexity index is 1030. The van der Waals surface area contributed by atoms with Crippen LogP contribution >= 0.6 is 15.9 Å². The van der Waals surface area contributed by atoms with Crippen LogP contribution in [0.1, 0.15) is 35.5 Å². The molecule has 0 aliphatic heterocycles. The van der Waals surface area contributed by atoms with Gasteiger partial charge in [-0.25, -0.2) is 0 Å². The van der Waals surface area contributed by atoms with Crippen LogP contribution in [0.5, 0.6) is 5.75 Å².